The minimum Gasteiger partial charge on any atom is -0.493 e. The van der Waals surface area contributed by atoms with Gasteiger partial charge in [0.1, 0.15) is 0 Å². The van der Waals surface area contributed by atoms with Gasteiger partial charge in [-0.3, -0.25) is 0 Å². The molecule has 0 amide bonds. The smallest absolute Gasteiger partial charge is 0.203 e. The maximum absolute atomic E-state index is 5.40. The van der Waals surface area contributed by atoms with E-state index in [1.807, 2.05) is 12.1 Å². The quantitative estimate of drug-likeness (QED) is 0.666. The molecule has 1 heterocycles. The number of nitrogens with zero attached hydrogens (tertiary/aromatic N) is 1. The Bertz CT molecular complexity index is 884. The molecule has 3 aromatic rings. The molecule has 0 aliphatic rings. The third-order valence-electron chi connectivity index (χ3n) is 4.35. The number of methoxy groups -OCH3 is 3. The Morgan fingerprint density at radius 1 is 0.960 bits per heavy atom. The first-order valence-corrected chi connectivity index (χ1v) is 8.17. The van der Waals surface area contributed by atoms with E-state index >= 15 is 0 Å². The molecule has 3 rings (SSSR count). The van der Waals surface area contributed by atoms with E-state index in [2.05, 4.69) is 54.2 Å². The number of rotatable bonds is 6. The van der Waals surface area contributed by atoms with Crippen LogP contribution in [0.2, 0.25) is 0 Å². The summed E-state index contributed by atoms with van der Waals surface area (Å²) in [7, 11) is 6.93. The summed E-state index contributed by atoms with van der Waals surface area (Å²) in [5, 5.41) is 1.29. The van der Waals surface area contributed by atoms with Crippen LogP contribution in [-0.4, -0.2) is 25.9 Å². The standard InChI is InChI=1S/C21H23NO3/c1-22-12-11-17-16(9-6-10-18(17)22)8-5-7-15-13-19(23-2)21(25-4)20(14-15)24-3/h5-7,9-14H,8H2,1-4H3/b7-5+. The van der Waals surface area contributed by atoms with Gasteiger partial charge < -0.3 is 18.8 Å². The number of fused-ring (bicyclic) bond motifs is 1. The van der Waals surface area contributed by atoms with Crippen molar-refractivity contribution >= 4 is 17.0 Å². The van der Waals surface area contributed by atoms with E-state index in [-0.39, 0.29) is 0 Å². The Kier molecular flexibility index (Phi) is 4.98. The molecule has 4 heteroatoms. The molecule has 0 bridgehead atoms. The fraction of sp³-hybridized carbons (Fsp3) is 0.238. The minimum atomic E-state index is 0.608. The molecular formula is C21H23NO3. The molecule has 0 aliphatic heterocycles. The fourth-order valence-corrected chi connectivity index (χ4v) is 3.06. The van der Waals surface area contributed by atoms with Crippen molar-refractivity contribution in [2.45, 2.75) is 6.42 Å². The second kappa shape index (κ2) is 7.34. The fourth-order valence-electron chi connectivity index (χ4n) is 3.06. The van der Waals surface area contributed by atoms with E-state index in [1.165, 1.54) is 16.5 Å². The van der Waals surface area contributed by atoms with Gasteiger partial charge in [0.25, 0.3) is 0 Å². The summed E-state index contributed by atoms with van der Waals surface area (Å²) >= 11 is 0. The van der Waals surface area contributed by atoms with Crippen molar-refractivity contribution in [1.82, 2.24) is 4.57 Å². The highest BCUT2D eigenvalue weighted by Gasteiger charge is 2.12. The van der Waals surface area contributed by atoms with Crippen molar-refractivity contribution in [3.63, 3.8) is 0 Å². The lowest BCUT2D eigenvalue weighted by atomic mass is 10.1. The van der Waals surface area contributed by atoms with E-state index < -0.39 is 0 Å². The van der Waals surface area contributed by atoms with Crippen molar-refractivity contribution in [2.75, 3.05) is 21.3 Å². The third-order valence-corrected chi connectivity index (χ3v) is 4.35. The van der Waals surface area contributed by atoms with Gasteiger partial charge in [0.15, 0.2) is 11.5 Å². The van der Waals surface area contributed by atoms with Crippen LogP contribution in [0.15, 0.2) is 48.7 Å². The van der Waals surface area contributed by atoms with Gasteiger partial charge in [-0.2, -0.15) is 0 Å². The van der Waals surface area contributed by atoms with Crippen LogP contribution in [0, 0.1) is 0 Å². The number of aromatic nitrogens is 1. The molecule has 0 unspecified atom stereocenters. The van der Waals surface area contributed by atoms with Gasteiger partial charge in [-0.15, -0.1) is 0 Å². The van der Waals surface area contributed by atoms with Crippen LogP contribution in [0.4, 0.5) is 0 Å². The van der Waals surface area contributed by atoms with Gasteiger partial charge in [-0.1, -0.05) is 24.3 Å². The number of hydrogen-bond acceptors (Lipinski definition) is 3. The van der Waals surface area contributed by atoms with E-state index in [1.54, 1.807) is 21.3 Å². The van der Waals surface area contributed by atoms with Crippen LogP contribution in [-0.2, 0) is 13.5 Å². The second-order valence-corrected chi connectivity index (χ2v) is 5.84. The van der Waals surface area contributed by atoms with Crippen LogP contribution < -0.4 is 14.2 Å². The molecule has 130 valence electrons. The van der Waals surface area contributed by atoms with Crippen LogP contribution in [0.5, 0.6) is 17.2 Å². The number of ether oxygens (including phenoxy) is 3. The molecule has 0 saturated heterocycles. The highest BCUT2D eigenvalue weighted by atomic mass is 16.5. The predicted molar refractivity (Wildman–Crippen MR) is 102 cm³/mol. The number of allylic oxidation sites excluding steroid dienone is 1. The molecule has 0 N–H and O–H groups in total. The molecule has 0 saturated carbocycles. The van der Waals surface area contributed by atoms with Gasteiger partial charge >= 0.3 is 0 Å². The van der Waals surface area contributed by atoms with Crippen molar-refractivity contribution in [2.24, 2.45) is 7.05 Å². The first kappa shape index (κ1) is 17.0. The maximum atomic E-state index is 5.40. The molecular weight excluding hydrogens is 314 g/mol. The Morgan fingerprint density at radius 3 is 2.32 bits per heavy atom. The summed E-state index contributed by atoms with van der Waals surface area (Å²) in [4.78, 5) is 0. The zero-order valence-corrected chi connectivity index (χ0v) is 15.1. The van der Waals surface area contributed by atoms with Gasteiger partial charge in [0.05, 0.1) is 21.3 Å². The van der Waals surface area contributed by atoms with Crippen molar-refractivity contribution in [3.05, 3.63) is 59.8 Å². The molecule has 2 aromatic carbocycles. The molecule has 4 nitrogen and oxygen atoms in total. The minimum absolute atomic E-state index is 0.608. The number of benzene rings is 2. The Labute approximate surface area is 148 Å². The van der Waals surface area contributed by atoms with Crippen LogP contribution in [0.3, 0.4) is 0 Å². The zero-order chi connectivity index (χ0) is 17.8. The number of aryl methyl sites for hydroxylation is 1. The van der Waals surface area contributed by atoms with Gasteiger partial charge in [-0.05, 0) is 41.8 Å². The SMILES string of the molecule is COc1cc(/C=C/Cc2cccc3c2ccn3C)cc(OC)c1OC. The molecule has 0 atom stereocenters. The summed E-state index contributed by atoms with van der Waals surface area (Å²) in [6.07, 6.45) is 7.18. The monoisotopic (exact) mass is 337 g/mol. The second-order valence-electron chi connectivity index (χ2n) is 5.84. The number of hydrogen-bond donors (Lipinski definition) is 0. The van der Waals surface area contributed by atoms with Crippen molar-refractivity contribution in [3.8, 4) is 17.2 Å². The third kappa shape index (κ3) is 3.33. The van der Waals surface area contributed by atoms with Crippen LogP contribution in [0.25, 0.3) is 17.0 Å². The average molecular weight is 337 g/mol. The lowest BCUT2D eigenvalue weighted by molar-refractivity contribution is 0.324. The van der Waals surface area contributed by atoms with Crippen LogP contribution >= 0.6 is 0 Å². The topological polar surface area (TPSA) is 32.6 Å². The molecule has 0 aliphatic carbocycles. The van der Waals surface area contributed by atoms with E-state index in [0.29, 0.717) is 17.2 Å². The molecule has 0 radical (unpaired) electrons. The summed E-state index contributed by atoms with van der Waals surface area (Å²) in [5.74, 6) is 1.93. The van der Waals surface area contributed by atoms with Gasteiger partial charge in [-0.25, -0.2) is 0 Å². The average Bonchev–Trinajstić information content (AvgIpc) is 3.03. The van der Waals surface area contributed by atoms with E-state index in [9.17, 15) is 0 Å². The van der Waals surface area contributed by atoms with Crippen molar-refractivity contribution < 1.29 is 14.2 Å². The molecule has 1 aromatic heterocycles. The highest BCUT2D eigenvalue weighted by Crippen LogP contribution is 2.38. The van der Waals surface area contributed by atoms with Gasteiger partial charge in [0.2, 0.25) is 5.75 Å². The first-order valence-electron chi connectivity index (χ1n) is 8.17. The lowest BCUT2D eigenvalue weighted by Gasteiger charge is -2.12. The molecule has 25 heavy (non-hydrogen) atoms. The lowest BCUT2D eigenvalue weighted by Crippen LogP contribution is -1.95. The Morgan fingerprint density at radius 2 is 1.68 bits per heavy atom. The first-order chi connectivity index (χ1) is 12.2. The maximum Gasteiger partial charge on any atom is 0.203 e. The van der Waals surface area contributed by atoms with Crippen LogP contribution in [0.1, 0.15) is 11.1 Å². The predicted octanol–water partition coefficient (Wildman–Crippen LogP) is 4.46. The molecule has 0 fully saturated rings. The summed E-state index contributed by atoms with van der Waals surface area (Å²) in [6, 6.07) is 12.5. The van der Waals surface area contributed by atoms with Crippen molar-refractivity contribution in [1.29, 1.82) is 0 Å². The Balaban J connectivity index is 1.86. The summed E-state index contributed by atoms with van der Waals surface area (Å²) in [5.41, 5.74) is 3.57. The Hall–Kier alpha value is -2.88. The summed E-state index contributed by atoms with van der Waals surface area (Å²) in [6.45, 7) is 0. The van der Waals surface area contributed by atoms with E-state index in [0.717, 1.165) is 12.0 Å². The highest BCUT2D eigenvalue weighted by molar-refractivity contribution is 5.84. The van der Waals surface area contributed by atoms with E-state index in [4.69, 9.17) is 14.2 Å². The molecule has 0 spiro atoms. The largest absolute Gasteiger partial charge is 0.493 e. The normalized spacial score (nSPS) is 11.2. The summed E-state index contributed by atoms with van der Waals surface area (Å²) < 4.78 is 18.3. The zero-order valence-electron chi connectivity index (χ0n) is 15.1. The van der Waals surface area contributed by atoms with Gasteiger partial charge in [0, 0.05) is 24.1 Å².